The van der Waals surface area contributed by atoms with Crippen LogP contribution in [0.15, 0.2) is 39.2 Å². The quantitative estimate of drug-likeness (QED) is 0.786. The van der Waals surface area contributed by atoms with Crippen LogP contribution >= 0.6 is 15.9 Å². The Bertz CT molecular complexity index is 546. The predicted molar refractivity (Wildman–Crippen MR) is 61.0 cm³/mol. The molecule has 1 aromatic carbocycles. The minimum Gasteiger partial charge on any atom is -0.458 e. The molecule has 0 spiro atoms. The summed E-state index contributed by atoms with van der Waals surface area (Å²) in [5.74, 6) is -0.248. The van der Waals surface area contributed by atoms with Crippen molar-refractivity contribution in [3.63, 3.8) is 0 Å². The van der Waals surface area contributed by atoms with Gasteiger partial charge in [0, 0.05) is 0 Å². The van der Waals surface area contributed by atoms with Crippen molar-refractivity contribution in [2.24, 2.45) is 0 Å². The van der Waals surface area contributed by atoms with Crippen molar-refractivity contribution in [3.05, 3.63) is 57.7 Å². The second kappa shape index (κ2) is 4.22. The molecule has 0 radical (unpaired) electrons. The summed E-state index contributed by atoms with van der Waals surface area (Å²) in [6, 6.07) is 7.79. The Hall–Kier alpha value is -1.42. The molecule has 0 fully saturated rings. The molecule has 82 valence electrons. The number of carbonyl (C=O) groups excluding carboxylic acids is 1. The maximum Gasteiger partial charge on any atom is 0.231 e. The van der Waals surface area contributed by atoms with Crippen molar-refractivity contribution in [1.82, 2.24) is 0 Å². The van der Waals surface area contributed by atoms with E-state index in [0.717, 1.165) is 0 Å². The van der Waals surface area contributed by atoms with Crippen LogP contribution in [0.3, 0.4) is 0 Å². The summed E-state index contributed by atoms with van der Waals surface area (Å²) in [6.07, 6.45) is 0. The SMILES string of the molecule is Cc1ccc(C(=O)c2cccc(Br)c2F)o1. The van der Waals surface area contributed by atoms with Gasteiger partial charge in [-0.3, -0.25) is 4.79 Å². The van der Waals surface area contributed by atoms with E-state index in [0.29, 0.717) is 5.76 Å². The fourth-order valence-corrected chi connectivity index (χ4v) is 1.73. The summed E-state index contributed by atoms with van der Waals surface area (Å²) >= 11 is 3.03. The third-order valence-electron chi connectivity index (χ3n) is 2.16. The lowest BCUT2D eigenvalue weighted by Crippen LogP contribution is -2.03. The minimum atomic E-state index is -0.568. The molecule has 0 aliphatic carbocycles. The van der Waals surface area contributed by atoms with E-state index < -0.39 is 11.6 Å². The van der Waals surface area contributed by atoms with Crippen LogP contribution in [-0.2, 0) is 0 Å². The van der Waals surface area contributed by atoms with E-state index in [4.69, 9.17) is 4.42 Å². The molecule has 0 aliphatic heterocycles. The lowest BCUT2D eigenvalue weighted by molar-refractivity contribution is 0.100. The van der Waals surface area contributed by atoms with E-state index in [1.54, 1.807) is 25.1 Å². The molecule has 0 bridgehead atoms. The van der Waals surface area contributed by atoms with E-state index in [1.165, 1.54) is 12.1 Å². The molecule has 0 aliphatic rings. The van der Waals surface area contributed by atoms with Gasteiger partial charge in [-0.05, 0) is 47.1 Å². The molecule has 2 rings (SSSR count). The molecule has 0 unspecified atom stereocenters. The van der Waals surface area contributed by atoms with Crippen molar-refractivity contribution in [1.29, 1.82) is 0 Å². The Morgan fingerprint density at radius 1 is 1.31 bits per heavy atom. The fraction of sp³-hybridized carbons (Fsp3) is 0.0833. The zero-order valence-electron chi connectivity index (χ0n) is 8.46. The van der Waals surface area contributed by atoms with Crippen molar-refractivity contribution < 1.29 is 13.6 Å². The van der Waals surface area contributed by atoms with Gasteiger partial charge in [0.2, 0.25) is 5.78 Å². The second-order valence-electron chi connectivity index (χ2n) is 3.34. The van der Waals surface area contributed by atoms with Crippen LogP contribution in [-0.4, -0.2) is 5.78 Å². The van der Waals surface area contributed by atoms with Crippen LogP contribution < -0.4 is 0 Å². The third-order valence-corrected chi connectivity index (χ3v) is 2.77. The molecule has 16 heavy (non-hydrogen) atoms. The first-order valence-electron chi connectivity index (χ1n) is 4.65. The lowest BCUT2D eigenvalue weighted by Gasteiger charge is -2.01. The van der Waals surface area contributed by atoms with Crippen LogP contribution in [0.1, 0.15) is 21.9 Å². The summed E-state index contributed by atoms with van der Waals surface area (Å²) < 4.78 is 19.1. The van der Waals surface area contributed by atoms with E-state index >= 15 is 0 Å². The highest BCUT2D eigenvalue weighted by Crippen LogP contribution is 2.21. The van der Waals surface area contributed by atoms with E-state index in [1.807, 2.05) is 0 Å². The number of aryl methyl sites for hydroxylation is 1. The van der Waals surface area contributed by atoms with Gasteiger partial charge < -0.3 is 4.42 Å². The smallest absolute Gasteiger partial charge is 0.231 e. The Morgan fingerprint density at radius 3 is 2.69 bits per heavy atom. The Kier molecular flexibility index (Phi) is 2.92. The predicted octanol–water partition coefficient (Wildman–Crippen LogP) is 3.72. The van der Waals surface area contributed by atoms with Crippen LogP contribution in [0, 0.1) is 12.7 Å². The Balaban J connectivity index is 2.45. The van der Waals surface area contributed by atoms with Crippen molar-refractivity contribution in [3.8, 4) is 0 Å². The average Bonchev–Trinajstić information content (AvgIpc) is 2.68. The molecule has 2 nitrogen and oxygen atoms in total. The van der Waals surface area contributed by atoms with Gasteiger partial charge in [0.05, 0.1) is 10.0 Å². The first-order valence-corrected chi connectivity index (χ1v) is 5.44. The standard InChI is InChI=1S/C12H8BrFO2/c1-7-5-6-10(16-7)12(15)8-3-2-4-9(13)11(8)14/h2-6H,1H3. The largest absolute Gasteiger partial charge is 0.458 e. The first-order chi connectivity index (χ1) is 7.59. The normalized spacial score (nSPS) is 10.4. The number of ketones is 1. The molecule has 1 aromatic heterocycles. The van der Waals surface area contributed by atoms with Crippen LogP contribution in [0.2, 0.25) is 0 Å². The zero-order valence-corrected chi connectivity index (χ0v) is 10.0. The fourth-order valence-electron chi connectivity index (χ4n) is 1.37. The number of furan rings is 1. The Labute approximate surface area is 100 Å². The van der Waals surface area contributed by atoms with E-state index in [-0.39, 0.29) is 15.8 Å². The molecular weight excluding hydrogens is 275 g/mol. The van der Waals surface area contributed by atoms with Crippen LogP contribution in [0.4, 0.5) is 4.39 Å². The molecule has 0 atom stereocenters. The summed E-state index contributed by atoms with van der Waals surface area (Å²) in [5, 5.41) is 0. The van der Waals surface area contributed by atoms with Gasteiger partial charge in [-0.25, -0.2) is 4.39 Å². The van der Waals surface area contributed by atoms with E-state index in [2.05, 4.69) is 15.9 Å². The van der Waals surface area contributed by atoms with Crippen LogP contribution in [0.25, 0.3) is 0 Å². The maximum atomic E-state index is 13.6. The first kappa shape index (κ1) is 11.1. The molecule has 2 aromatic rings. The molecule has 4 heteroatoms. The molecular formula is C12H8BrFO2. The molecule has 0 amide bonds. The monoisotopic (exact) mass is 282 g/mol. The summed E-state index contributed by atoms with van der Waals surface area (Å²) in [7, 11) is 0. The highest BCUT2D eigenvalue weighted by Gasteiger charge is 2.18. The topological polar surface area (TPSA) is 30.2 Å². The minimum absolute atomic E-state index is 0.00345. The summed E-state index contributed by atoms with van der Waals surface area (Å²) in [6.45, 7) is 1.73. The molecule has 0 saturated carbocycles. The summed E-state index contributed by atoms with van der Waals surface area (Å²) in [4.78, 5) is 11.9. The summed E-state index contributed by atoms with van der Waals surface area (Å²) in [5.41, 5.74) is 0.00345. The third kappa shape index (κ3) is 1.93. The number of halogens is 2. The average molecular weight is 283 g/mol. The number of benzene rings is 1. The van der Waals surface area contributed by atoms with Gasteiger partial charge in [0.15, 0.2) is 5.76 Å². The highest BCUT2D eigenvalue weighted by molar-refractivity contribution is 9.10. The molecule has 0 N–H and O–H groups in total. The van der Waals surface area contributed by atoms with Gasteiger partial charge in [0.25, 0.3) is 0 Å². The van der Waals surface area contributed by atoms with Gasteiger partial charge in [0.1, 0.15) is 11.6 Å². The van der Waals surface area contributed by atoms with Crippen molar-refractivity contribution >= 4 is 21.7 Å². The Morgan fingerprint density at radius 2 is 2.06 bits per heavy atom. The number of rotatable bonds is 2. The van der Waals surface area contributed by atoms with Gasteiger partial charge in [-0.15, -0.1) is 0 Å². The maximum absolute atomic E-state index is 13.6. The van der Waals surface area contributed by atoms with Gasteiger partial charge >= 0.3 is 0 Å². The van der Waals surface area contributed by atoms with Crippen molar-refractivity contribution in [2.45, 2.75) is 6.92 Å². The highest BCUT2D eigenvalue weighted by atomic mass is 79.9. The van der Waals surface area contributed by atoms with Gasteiger partial charge in [-0.1, -0.05) is 6.07 Å². The van der Waals surface area contributed by atoms with Crippen molar-refractivity contribution in [2.75, 3.05) is 0 Å². The number of carbonyl (C=O) groups is 1. The second-order valence-corrected chi connectivity index (χ2v) is 4.20. The number of hydrogen-bond donors (Lipinski definition) is 0. The number of hydrogen-bond acceptors (Lipinski definition) is 2. The molecule has 0 saturated heterocycles. The van der Waals surface area contributed by atoms with Gasteiger partial charge in [-0.2, -0.15) is 0 Å². The zero-order chi connectivity index (χ0) is 11.7. The lowest BCUT2D eigenvalue weighted by atomic mass is 10.1. The van der Waals surface area contributed by atoms with E-state index in [9.17, 15) is 9.18 Å². The molecule has 1 heterocycles. The van der Waals surface area contributed by atoms with Crippen LogP contribution in [0.5, 0.6) is 0 Å².